The molecule has 0 aliphatic heterocycles. The van der Waals surface area contributed by atoms with E-state index < -0.39 is 7.82 Å². The van der Waals surface area contributed by atoms with Gasteiger partial charge < -0.3 is 13.9 Å². The van der Waals surface area contributed by atoms with E-state index in [9.17, 15) is 9.46 Å². The molecule has 0 N–H and O–H groups in total. The molecule has 160 valence electrons. The van der Waals surface area contributed by atoms with Gasteiger partial charge >= 0.3 is 0 Å². The molecule has 27 heavy (non-hydrogen) atoms. The molecule has 7 heteroatoms. The number of aromatic nitrogens is 2. The van der Waals surface area contributed by atoms with Crippen LogP contribution in [-0.2, 0) is 26.7 Å². The van der Waals surface area contributed by atoms with Gasteiger partial charge in [0.15, 0.2) is 0 Å². The summed E-state index contributed by atoms with van der Waals surface area (Å²) in [4.78, 5) is 10.4. The summed E-state index contributed by atoms with van der Waals surface area (Å²) < 4.78 is 23.4. The number of hydrogen-bond donors (Lipinski definition) is 0. The van der Waals surface area contributed by atoms with Crippen LogP contribution in [0.4, 0.5) is 0 Å². The summed E-state index contributed by atoms with van der Waals surface area (Å²) in [5.41, 5.74) is 0. The molecule has 0 bridgehead atoms. The highest BCUT2D eigenvalue weighted by atomic mass is 31.2. The number of unbranched alkanes of at least 4 members (excludes halogenated alkanes) is 8. The van der Waals surface area contributed by atoms with Gasteiger partial charge in [-0.2, -0.15) is 0 Å². The highest BCUT2D eigenvalue weighted by Gasteiger charge is 2.04. The Morgan fingerprint density at radius 2 is 1.41 bits per heavy atom. The normalized spacial score (nSPS) is 11.3. The summed E-state index contributed by atoms with van der Waals surface area (Å²) in [6.45, 7) is 10.1. The lowest BCUT2D eigenvalue weighted by Crippen LogP contribution is -2.30. The van der Waals surface area contributed by atoms with Crippen molar-refractivity contribution in [3.8, 4) is 0 Å². The van der Waals surface area contributed by atoms with Crippen molar-refractivity contribution >= 4 is 7.82 Å². The lowest BCUT2D eigenvalue weighted by atomic mass is 10.1. The van der Waals surface area contributed by atoms with E-state index in [1.54, 1.807) is 13.8 Å². The van der Waals surface area contributed by atoms with Crippen LogP contribution in [0.25, 0.3) is 0 Å². The molecule has 0 spiro atoms. The zero-order valence-electron chi connectivity index (χ0n) is 17.9. The van der Waals surface area contributed by atoms with Crippen molar-refractivity contribution < 1.29 is 23.1 Å². The Hall–Kier alpha value is -0.680. The first-order valence-electron chi connectivity index (χ1n) is 10.6. The Morgan fingerprint density at radius 1 is 0.889 bits per heavy atom. The average molecular weight is 405 g/mol. The lowest BCUT2D eigenvalue weighted by Gasteiger charge is -2.20. The van der Waals surface area contributed by atoms with Crippen LogP contribution in [0.1, 0.15) is 85.5 Å². The topological polar surface area (TPSA) is 67.4 Å². The molecule has 0 saturated carbocycles. The Bertz CT molecular complexity index is 484. The Balaban J connectivity index is 0.000000636. The van der Waals surface area contributed by atoms with Gasteiger partial charge in [0, 0.05) is 0 Å². The molecule has 0 aliphatic carbocycles. The second-order valence-electron chi connectivity index (χ2n) is 6.59. The number of nitrogens with zero attached hydrogens (tertiary/aromatic N) is 2. The molecule has 1 aromatic rings. The number of phosphoric acid groups is 1. The number of aryl methyl sites for hydroxylation is 2. The average Bonchev–Trinajstić information content (AvgIpc) is 3.09. The number of hydrogen-bond acceptors (Lipinski definition) is 4. The molecular formula is C20H41N2O4P. The van der Waals surface area contributed by atoms with Crippen molar-refractivity contribution in [2.75, 3.05) is 13.2 Å². The zero-order valence-corrected chi connectivity index (χ0v) is 18.8. The molecule has 0 aliphatic rings. The molecule has 0 aromatic carbocycles. The standard InChI is InChI=1S/C16H31N2.C4H11O4P/c1-3-5-6-7-8-9-10-11-12-13-18-15-14-17(4-2)16-18;1-3-7-9(5,6)8-4-2/h14-16H,3-13H2,1-2H3;3-4H2,1-2H3,(H,5,6)/q+1;/p-1. The summed E-state index contributed by atoms with van der Waals surface area (Å²) >= 11 is 0. The molecule has 0 radical (unpaired) electrons. The van der Waals surface area contributed by atoms with Gasteiger partial charge in [0.05, 0.1) is 26.3 Å². The fourth-order valence-electron chi connectivity index (χ4n) is 2.72. The van der Waals surface area contributed by atoms with E-state index in [0.29, 0.717) is 0 Å². The smallest absolute Gasteiger partial charge is 0.267 e. The highest BCUT2D eigenvalue weighted by molar-refractivity contribution is 7.45. The third-order valence-electron chi connectivity index (χ3n) is 4.21. The van der Waals surface area contributed by atoms with Crippen molar-refractivity contribution in [3.63, 3.8) is 0 Å². The molecule has 6 nitrogen and oxygen atoms in total. The zero-order chi connectivity index (χ0) is 20.4. The minimum atomic E-state index is -3.94. The maximum Gasteiger partial charge on any atom is 0.267 e. The van der Waals surface area contributed by atoms with Gasteiger partial charge in [-0.1, -0.05) is 51.9 Å². The van der Waals surface area contributed by atoms with Gasteiger partial charge in [-0.25, -0.2) is 9.13 Å². The van der Waals surface area contributed by atoms with Crippen molar-refractivity contribution in [1.82, 2.24) is 4.57 Å². The molecule has 1 rings (SSSR count). The van der Waals surface area contributed by atoms with E-state index in [1.807, 2.05) is 0 Å². The van der Waals surface area contributed by atoms with Crippen molar-refractivity contribution in [2.24, 2.45) is 0 Å². The molecule has 0 fully saturated rings. The van der Waals surface area contributed by atoms with E-state index >= 15 is 0 Å². The van der Waals surface area contributed by atoms with Crippen LogP contribution in [0, 0.1) is 0 Å². The van der Waals surface area contributed by atoms with E-state index in [1.165, 1.54) is 64.3 Å². The summed E-state index contributed by atoms with van der Waals surface area (Å²) in [6, 6.07) is 0. The van der Waals surface area contributed by atoms with E-state index in [0.717, 1.165) is 6.54 Å². The highest BCUT2D eigenvalue weighted by Crippen LogP contribution is 2.37. The van der Waals surface area contributed by atoms with Crippen molar-refractivity contribution in [1.29, 1.82) is 0 Å². The first-order valence-corrected chi connectivity index (χ1v) is 12.1. The fourth-order valence-corrected chi connectivity index (χ4v) is 3.42. The summed E-state index contributed by atoms with van der Waals surface area (Å²) in [5.74, 6) is 0. The van der Waals surface area contributed by atoms with Gasteiger partial charge in [0.1, 0.15) is 12.4 Å². The molecule has 0 atom stereocenters. The predicted molar refractivity (Wildman–Crippen MR) is 108 cm³/mol. The minimum absolute atomic E-state index is 0.126. The lowest BCUT2D eigenvalue weighted by molar-refractivity contribution is -0.696. The summed E-state index contributed by atoms with van der Waals surface area (Å²) in [7, 11) is -3.94. The maximum absolute atomic E-state index is 10.4. The van der Waals surface area contributed by atoms with Gasteiger partial charge in [-0.3, -0.25) is 4.57 Å². The van der Waals surface area contributed by atoms with Gasteiger partial charge in [0.2, 0.25) is 6.33 Å². The van der Waals surface area contributed by atoms with Gasteiger partial charge in [-0.15, -0.1) is 0 Å². The number of rotatable bonds is 15. The maximum atomic E-state index is 10.4. The number of phosphoric ester groups is 1. The van der Waals surface area contributed by atoms with E-state index in [4.69, 9.17) is 0 Å². The first kappa shape index (κ1) is 26.3. The van der Waals surface area contributed by atoms with Crippen LogP contribution >= 0.6 is 7.82 Å². The third-order valence-corrected chi connectivity index (χ3v) is 5.35. The summed E-state index contributed by atoms with van der Waals surface area (Å²) in [6.07, 6.45) is 19.2. The summed E-state index contributed by atoms with van der Waals surface area (Å²) in [5, 5.41) is 0. The second kappa shape index (κ2) is 17.4. The quantitative estimate of drug-likeness (QED) is 0.238. The largest absolute Gasteiger partial charge is 0.756 e. The van der Waals surface area contributed by atoms with Crippen LogP contribution in [-0.4, -0.2) is 17.8 Å². The molecule has 1 aromatic heterocycles. The molecule has 0 saturated heterocycles. The molecule has 0 amide bonds. The number of imidazole rings is 1. The minimum Gasteiger partial charge on any atom is -0.756 e. The van der Waals surface area contributed by atoms with Crippen LogP contribution < -0.4 is 9.46 Å². The van der Waals surface area contributed by atoms with Crippen LogP contribution in [0.3, 0.4) is 0 Å². The Kier molecular flexibility index (Phi) is 17.0. The monoisotopic (exact) mass is 404 g/mol. The van der Waals surface area contributed by atoms with Crippen molar-refractivity contribution in [2.45, 2.75) is 98.6 Å². The molecular weight excluding hydrogens is 363 g/mol. The first-order chi connectivity index (χ1) is 13.0. The van der Waals surface area contributed by atoms with Crippen LogP contribution in [0.5, 0.6) is 0 Å². The molecule has 1 heterocycles. The van der Waals surface area contributed by atoms with Crippen LogP contribution in [0.15, 0.2) is 18.7 Å². The van der Waals surface area contributed by atoms with E-state index in [-0.39, 0.29) is 13.2 Å². The van der Waals surface area contributed by atoms with Gasteiger partial charge in [0.25, 0.3) is 7.82 Å². The SMILES string of the molecule is CCCCCCCCCCC[n+]1ccn(CC)c1.CCOP(=O)([O-])OCC. The van der Waals surface area contributed by atoms with Gasteiger partial charge in [-0.05, 0) is 33.6 Å². The predicted octanol–water partition coefficient (Wildman–Crippen LogP) is 4.85. The second-order valence-corrected chi connectivity index (χ2v) is 8.00. The third kappa shape index (κ3) is 16.0. The van der Waals surface area contributed by atoms with Crippen molar-refractivity contribution in [3.05, 3.63) is 18.7 Å². The Morgan fingerprint density at radius 3 is 1.85 bits per heavy atom. The van der Waals surface area contributed by atoms with E-state index in [2.05, 4.69) is 50.8 Å². The molecule has 0 unspecified atom stereocenters. The van der Waals surface area contributed by atoms with Crippen LogP contribution in [0.2, 0.25) is 0 Å². The fraction of sp³-hybridized carbons (Fsp3) is 0.850. The Labute approximate surface area is 166 Å².